The highest BCUT2D eigenvalue weighted by Gasteiger charge is 2.21. The van der Waals surface area contributed by atoms with Crippen molar-refractivity contribution in [3.63, 3.8) is 0 Å². The van der Waals surface area contributed by atoms with Crippen LogP contribution in [-0.4, -0.2) is 61.4 Å². The van der Waals surface area contributed by atoms with Crippen LogP contribution in [0, 0.1) is 0 Å². The third kappa shape index (κ3) is 7.44. The molecule has 0 aliphatic heterocycles. The van der Waals surface area contributed by atoms with E-state index < -0.39 is 6.04 Å². The van der Waals surface area contributed by atoms with E-state index in [2.05, 4.69) is 10.6 Å². The standard InChI is InChI=1S/C22H27N3O4S/c1-25(2)22(28)16-8-7-9-17(14-16)23-21(27)19(12-13-30-3)24-20(26)15-29-18-10-5-4-6-11-18/h4-11,14,19H,12-13,15H2,1-3H3,(H,23,27)(H,24,26). The van der Waals surface area contributed by atoms with E-state index in [4.69, 9.17) is 4.74 Å². The number of anilines is 1. The molecule has 0 fully saturated rings. The van der Waals surface area contributed by atoms with Crippen LogP contribution >= 0.6 is 11.8 Å². The highest BCUT2D eigenvalue weighted by molar-refractivity contribution is 7.98. The lowest BCUT2D eigenvalue weighted by molar-refractivity contribution is -0.127. The van der Waals surface area contributed by atoms with Gasteiger partial charge in [0.2, 0.25) is 5.91 Å². The molecule has 2 N–H and O–H groups in total. The summed E-state index contributed by atoms with van der Waals surface area (Å²) in [5.74, 6) is 0.414. The highest BCUT2D eigenvalue weighted by atomic mass is 32.2. The molecule has 0 aliphatic rings. The number of ether oxygens (including phenoxy) is 1. The summed E-state index contributed by atoms with van der Waals surface area (Å²) in [7, 11) is 3.33. The molecular formula is C22H27N3O4S. The van der Waals surface area contributed by atoms with Crippen LogP contribution in [0.5, 0.6) is 5.75 Å². The molecule has 30 heavy (non-hydrogen) atoms. The van der Waals surface area contributed by atoms with Crippen molar-refractivity contribution in [2.75, 3.05) is 38.0 Å². The number of rotatable bonds is 10. The van der Waals surface area contributed by atoms with Gasteiger partial charge in [0.15, 0.2) is 6.61 Å². The van der Waals surface area contributed by atoms with Crippen molar-refractivity contribution in [3.8, 4) is 5.75 Å². The summed E-state index contributed by atoms with van der Waals surface area (Å²) in [6.07, 6.45) is 2.41. The van der Waals surface area contributed by atoms with Crippen molar-refractivity contribution in [3.05, 3.63) is 60.2 Å². The number of para-hydroxylation sites is 1. The fourth-order valence-electron chi connectivity index (χ4n) is 2.62. The Kier molecular flexibility index (Phi) is 9.21. The summed E-state index contributed by atoms with van der Waals surface area (Å²) in [5.41, 5.74) is 0.968. The van der Waals surface area contributed by atoms with Crippen molar-refractivity contribution >= 4 is 35.2 Å². The van der Waals surface area contributed by atoms with Crippen LogP contribution in [0.15, 0.2) is 54.6 Å². The molecule has 0 saturated carbocycles. The fraction of sp³-hybridized carbons (Fsp3) is 0.318. The molecule has 0 aliphatic carbocycles. The van der Waals surface area contributed by atoms with E-state index in [1.54, 1.807) is 62.3 Å². The molecule has 0 aromatic heterocycles. The molecule has 2 rings (SSSR count). The summed E-state index contributed by atoms with van der Waals surface area (Å²) >= 11 is 1.59. The minimum atomic E-state index is -0.711. The van der Waals surface area contributed by atoms with E-state index in [1.807, 2.05) is 24.5 Å². The largest absolute Gasteiger partial charge is 0.484 e. The van der Waals surface area contributed by atoms with E-state index in [0.29, 0.717) is 29.2 Å². The Bertz CT molecular complexity index is 858. The maximum absolute atomic E-state index is 12.8. The average Bonchev–Trinajstić information content (AvgIpc) is 2.75. The van der Waals surface area contributed by atoms with E-state index in [9.17, 15) is 14.4 Å². The van der Waals surface area contributed by atoms with Gasteiger partial charge in [0.1, 0.15) is 11.8 Å². The van der Waals surface area contributed by atoms with Crippen molar-refractivity contribution in [2.24, 2.45) is 0 Å². The zero-order valence-electron chi connectivity index (χ0n) is 17.4. The van der Waals surface area contributed by atoms with E-state index >= 15 is 0 Å². The number of benzene rings is 2. The molecule has 1 unspecified atom stereocenters. The lowest BCUT2D eigenvalue weighted by Crippen LogP contribution is -2.45. The zero-order chi connectivity index (χ0) is 21.9. The lowest BCUT2D eigenvalue weighted by Gasteiger charge is -2.19. The number of thioether (sulfide) groups is 1. The van der Waals surface area contributed by atoms with Crippen molar-refractivity contribution in [1.29, 1.82) is 0 Å². The van der Waals surface area contributed by atoms with Gasteiger partial charge in [0.25, 0.3) is 11.8 Å². The van der Waals surface area contributed by atoms with Gasteiger partial charge >= 0.3 is 0 Å². The Hall–Kier alpha value is -3.00. The minimum absolute atomic E-state index is 0.156. The number of carbonyl (C=O) groups is 3. The number of nitrogens with one attached hydrogen (secondary N) is 2. The minimum Gasteiger partial charge on any atom is -0.484 e. The Morgan fingerprint density at radius 2 is 1.80 bits per heavy atom. The Labute approximate surface area is 181 Å². The number of nitrogens with zero attached hydrogens (tertiary/aromatic N) is 1. The first-order chi connectivity index (χ1) is 14.4. The van der Waals surface area contributed by atoms with Gasteiger partial charge in [-0.2, -0.15) is 11.8 Å². The smallest absolute Gasteiger partial charge is 0.258 e. The van der Waals surface area contributed by atoms with Crippen LogP contribution in [0.2, 0.25) is 0 Å². The van der Waals surface area contributed by atoms with Crippen molar-refractivity contribution in [2.45, 2.75) is 12.5 Å². The lowest BCUT2D eigenvalue weighted by atomic mass is 10.1. The van der Waals surface area contributed by atoms with Gasteiger partial charge in [-0.05, 0) is 48.8 Å². The van der Waals surface area contributed by atoms with Crippen LogP contribution in [0.1, 0.15) is 16.8 Å². The third-order valence-electron chi connectivity index (χ3n) is 4.16. The molecular weight excluding hydrogens is 402 g/mol. The van der Waals surface area contributed by atoms with Crippen LogP contribution in [0.4, 0.5) is 5.69 Å². The molecule has 160 valence electrons. The van der Waals surface area contributed by atoms with Gasteiger partial charge in [0, 0.05) is 25.3 Å². The highest BCUT2D eigenvalue weighted by Crippen LogP contribution is 2.14. The molecule has 0 spiro atoms. The van der Waals surface area contributed by atoms with Gasteiger partial charge in [-0.25, -0.2) is 0 Å². The summed E-state index contributed by atoms with van der Waals surface area (Å²) in [4.78, 5) is 38.7. The number of amides is 3. The monoisotopic (exact) mass is 429 g/mol. The van der Waals surface area contributed by atoms with Gasteiger partial charge in [-0.1, -0.05) is 24.3 Å². The van der Waals surface area contributed by atoms with Gasteiger partial charge in [-0.3, -0.25) is 14.4 Å². The topological polar surface area (TPSA) is 87.7 Å². The Balaban J connectivity index is 1.99. The van der Waals surface area contributed by atoms with Crippen LogP contribution in [-0.2, 0) is 9.59 Å². The van der Waals surface area contributed by atoms with Crippen molar-refractivity contribution in [1.82, 2.24) is 10.2 Å². The average molecular weight is 430 g/mol. The summed E-state index contributed by atoms with van der Waals surface area (Å²) < 4.78 is 5.44. The molecule has 3 amide bonds. The molecule has 7 nitrogen and oxygen atoms in total. The molecule has 0 radical (unpaired) electrons. The Morgan fingerprint density at radius 1 is 1.07 bits per heavy atom. The third-order valence-corrected chi connectivity index (χ3v) is 4.80. The number of hydrogen-bond acceptors (Lipinski definition) is 5. The summed E-state index contributed by atoms with van der Waals surface area (Å²) in [6.45, 7) is -0.181. The first kappa shape index (κ1) is 23.3. The van der Waals surface area contributed by atoms with E-state index in [-0.39, 0.29) is 24.3 Å². The second-order valence-electron chi connectivity index (χ2n) is 6.77. The van der Waals surface area contributed by atoms with E-state index in [0.717, 1.165) is 0 Å². The predicted octanol–water partition coefficient (Wildman–Crippen LogP) is 2.64. The molecule has 0 bridgehead atoms. The summed E-state index contributed by atoms with van der Waals surface area (Å²) in [5, 5.41) is 5.52. The van der Waals surface area contributed by atoms with Crippen LogP contribution in [0.25, 0.3) is 0 Å². The zero-order valence-corrected chi connectivity index (χ0v) is 18.2. The molecule has 2 aromatic rings. The second-order valence-corrected chi connectivity index (χ2v) is 7.76. The molecule has 2 aromatic carbocycles. The normalized spacial score (nSPS) is 11.3. The van der Waals surface area contributed by atoms with Crippen LogP contribution in [0.3, 0.4) is 0 Å². The maximum atomic E-state index is 12.8. The van der Waals surface area contributed by atoms with Crippen LogP contribution < -0.4 is 15.4 Å². The van der Waals surface area contributed by atoms with Gasteiger partial charge in [0.05, 0.1) is 0 Å². The van der Waals surface area contributed by atoms with Gasteiger partial charge in [-0.15, -0.1) is 0 Å². The molecule has 8 heteroatoms. The first-order valence-corrected chi connectivity index (χ1v) is 10.9. The Morgan fingerprint density at radius 3 is 2.47 bits per heavy atom. The molecule has 1 atom stereocenters. The number of carbonyl (C=O) groups excluding carboxylic acids is 3. The quantitative estimate of drug-likeness (QED) is 0.606. The number of hydrogen-bond donors (Lipinski definition) is 2. The van der Waals surface area contributed by atoms with Crippen molar-refractivity contribution < 1.29 is 19.1 Å². The maximum Gasteiger partial charge on any atom is 0.258 e. The second kappa shape index (κ2) is 11.9. The predicted molar refractivity (Wildman–Crippen MR) is 120 cm³/mol. The summed E-state index contributed by atoms with van der Waals surface area (Å²) in [6, 6.07) is 15.0. The van der Waals surface area contributed by atoms with Gasteiger partial charge < -0.3 is 20.3 Å². The molecule has 0 heterocycles. The fourth-order valence-corrected chi connectivity index (χ4v) is 3.10. The SMILES string of the molecule is CSCCC(NC(=O)COc1ccccc1)C(=O)Nc1cccc(C(=O)N(C)C)c1. The van der Waals surface area contributed by atoms with E-state index in [1.165, 1.54) is 4.90 Å². The molecule has 0 saturated heterocycles. The first-order valence-electron chi connectivity index (χ1n) is 9.49.